The molecule has 0 aliphatic heterocycles. The topological polar surface area (TPSA) is 581 Å². The molecule has 0 saturated heterocycles. The van der Waals surface area contributed by atoms with Gasteiger partial charge in [0.05, 0.1) is 115 Å². The highest BCUT2D eigenvalue weighted by molar-refractivity contribution is 5.96. The number of aliphatic carboxylic acids is 3. The fourth-order valence-electron chi connectivity index (χ4n) is 14.0. The number of aromatic nitrogens is 2. The van der Waals surface area contributed by atoms with Crippen LogP contribution < -0.4 is 41.8 Å². The summed E-state index contributed by atoms with van der Waals surface area (Å²) in [6, 6.07) is 10.6. The zero-order valence-electron chi connectivity index (χ0n) is 78.8. The van der Waals surface area contributed by atoms with E-state index in [1.807, 2.05) is 0 Å². The van der Waals surface area contributed by atoms with Gasteiger partial charge in [-0.25, -0.2) is 19.4 Å². The number of ketones is 6. The average Bonchev–Trinajstić information content (AvgIpc) is 1.19. The summed E-state index contributed by atoms with van der Waals surface area (Å²) in [4.78, 5) is 206. The van der Waals surface area contributed by atoms with Crippen LogP contribution in [-0.4, -0.2) is 287 Å². The SMILES string of the molecule is CC(C)(CC(=O)[C@@H](N)Cc1cnc[nH]1)C(=O)C[C@@H](CCCCNC(=O)COCCOCCCC(=O)COCCOCCNC(=O)CC[C@H](CC(=O)CCCCCCCCCOc1cccc(C(=O)O)c1)C(=O)O)C(=O)C[C@@H](CCCCNC(=O)COCCOCCNC(=O)COCCOCCCC(=O)CC[C@H](NC(=O)CCCCCCCCCOc1cccc(C(=O)O)c1)C(=O)O)C(=O)O. The van der Waals surface area contributed by atoms with E-state index in [2.05, 4.69) is 36.6 Å². The lowest BCUT2D eigenvalue weighted by atomic mass is 9.76. The largest absolute Gasteiger partial charge is 0.494 e. The van der Waals surface area contributed by atoms with Crippen molar-refractivity contribution in [3.8, 4) is 11.5 Å². The minimum Gasteiger partial charge on any atom is -0.494 e. The number of benzene rings is 2. The van der Waals surface area contributed by atoms with Gasteiger partial charge in [0, 0.05) is 133 Å². The number of unbranched alkanes of at least 4 members (excludes halogenated alkanes) is 14. The summed E-state index contributed by atoms with van der Waals surface area (Å²) in [7, 11) is 0. The number of carbonyl (C=O) groups is 16. The summed E-state index contributed by atoms with van der Waals surface area (Å²) >= 11 is 0. The van der Waals surface area contributed by atoms with Crippen molar-refractivity contribution in [2.45, 2.75) is 251 Å². The summed E-state index contributed by atoms with van der Waals surface area (Å²) in [6.45, 7) is 5.83. The molecule has 1 aromatic heterocycles. The number of ether oxygens (including phenoxy) is 10. The Bertz CT molecular complexity index is 3980. The van der Waals surface area contributed by atoms with Gasteiger partial charge >= 0.3 is 29.8 Å². The maximum absolute atomic E-state index is 14.1. The minimum atomic E-state index is -1.22. The van der Waals surface area contributed by atoms with E-state index in [4.69, 9.17) is 63.3 Å². The zero-order chi connectivity index (χ0) is 98.9. The monoisotopic (exact) mass is 1910 g/mol. The number of rotatable bonds is 91. The van der Waals surface area contributed by atoms with Crippen LogP contribution in [0.4, 0.5) is 0 Å². The molecule has 5 atom stereocenters. The number of aromatic amines is 1. The van der Waals surface area contributed by atoms with Gasteiger partial charge in [0.1, 0.15) is 67.1 Å². The van der Waals surface area contributed by atoms with Crippen LogP contribution in [0.2, 0.25) is 0 Å². The number of imidazole rings is 1. The maximum atomic E-state index is 14.1. The Balaban J connectivity index is 1.19. The van der Waals surface area contributed by atoms with Gasteiger partial charge < -0.3 is 110 Å². The Hall–Kier alpha value is -10.4. The molecule has 1 heterocycles. The molecule has 0 unspecified atom stereocenters. The van der Waals surface area contributed by atoms with Crippen LogP contribution in [0.15, 0.2) is 61.1 Å². The van der Waals surface area contributed by atoms with Crippen molar-refractivity contribution < 1.29 is 150 Å². The van der Waals surface area contributed by atoms with Gasteiger partial charge in [-0.3, -0.25) is 62.3 Å². The van der Waals surface area contributed by atoms with Crippen molar-refractivity contribution in [3.63, 3.8) is 0 Å². The van der Waals surface area contributed by atoms with E-state index in [9.17, 15) is 92.0 Å². The first-order valence-electron chi connectivity index (χ1n) is 47.4. The number of carbonyl (C=O) groups excluding carboxylic acids is 11. The Labute approximate surface area is 790 Å². The van der Waals surface area contributed by atoms with Crippen LogP contribution >= 0.6 is 0 Å². The number of nitrogens with zero attached hydrogens (tertiary/aromatic N) is 1. The molecule has 0 saturated carbocycles. The van der Waals surface area contributed by atoms with Crippen molar-refractivity contribution in [2.24, 2.45) is 28.9 Å². The average molecular weight is 1910 g/mol. The van der Waals surface area contributed by atoms with E-state index in [0.717, 1.165) is 77.0 Å². The number of Topliss-reactive ketones (excluding diaryl/α,β-unsaturated/α-hetero) is 6. The molecular formula is C96H148N8O31. The summed E-state index contributed by atoms with van der Waals surface area (Å²) in [5.74, 6) is -11.1. The van der Waals surface area contributed by atoms with E-state index in [1.54, 1.807) is 44.3 Å². The summed E-state index contributed by atoms with van der Waals surface area (Å²) in [5.41, 5.74) is 5.97. The van der Waals surface area contributed by atoms with E-state index in [-0.39, 0.29) is 286 Å². The predicted octanol–water partition coefficient (Wildman–Crippen LogP) is 8.72. The third kappa shape index (κ3) is 62.1. The molecular weight excluding hydrogens is 1760 g/mol. The Morgan fingerprint density at radius 2 is 0.815 bits per heavy atom. The summed E-state index contributed by atoms with van der Waals surface area (Å²) in [6.07, 6.45) is 17.8. The van der Waals surface area contributed by atoms with Crippen molar-refractivity contribution in [3.05, 3.63) is 77.9 Å². The molecule has 39 nitrogen and oxygen atoms in total. The molecule has 0 fully saturated rings. The van der Waals surface area contributed by atoms with Gasteiger partial charge in [-0.1, -0.05) is 103 Å². The van der Waals surface area contributed by atoms with E-state index in [0.29, 0.717) is 81.8 Å². The fourth-order valence-corrected chi connectivity index (χ4v) is 14.0. The normalized spacial score (nSPS) is 12.4. The maximum Gasteiger partial charge on any atom is 0.335 e. The van der Waals surface area contributed by atoms with Gasteiger partial charge in [-0.15, -0.1) is 0 Å². The molecule has 5 amide bonds. The first-order valence-corrected chi connectivity index (χ1v) is 47.4. The second kappa shape index (κ2) is 74.8. The van der Waals surface area contributed by atoms with Crippen molar-refractivity contribution in [2.75, 3.05) is 145 Å². The standard InChI is InChI=1S/C96H148N8O31/c1-96(2,63-84(109)81(97)62-75-64-98-69-103-75)85(110)61-70(25-15-17-39-99-88(113)66-131-54-50-127-44-24-31-78(107)65-130-53-51-128-47-41-101-86(111)38-35-74(94(122)123)57-77(106)29-13-9-5-3-7-11-19-45-134-79-32-21-27-71(58-79)91(116)117)83(108)60-73(93(120)121)26-16-18-40-100-89(114)67-133-56-52-129-48-42-102-90(115)68-132-55-49-126-43-23-30-76(105)36-37-82(95(124)125)104-87(112)34-14-10-6-4-8-12-20-46-135-80-33-22-28-72(59-80)92(118)119/h21-22,27-28,32-33,58-59,64,69-70,73-74,81-82H,3-20,23-26,29-31,34-57,60-63,65-68,97H2,1-2H3,(H,98,103)(H,99,113)(H,100,114)(H,101,111)(H,102,115)(H,104,112)(H,116,117)(H,118,119)(H,120,121)(H,122,123)(H,124,125)/t70-,73-,74-,81+,82+/m1/s1. The first kappa shape index (κ1) is 119. The number of nitrogens with one attached hydrogen (secondary N) is 6. The van der Waals surface area contributed by atoms with Crippen LogP contribution in [-0.2, 0) is 111 Å². The lowest BCUT2D eigenvalue weighted by Gasteiger charge is -2.26. The molecule has 758 valence electrons. The summed E-state index contributed by atoms with van der Waals surface area (Å²) < 4.78 is 54.9. The number of H-pyrrole nitrogens is 1. The molecule has 2 aromatic carbocycles. The third-order valence-electron chi connectivity index (χ3n) is 21.9. The zero-order valence-corrected chi connectivity index (χ0v) is 78.8. The van der Waals surface area contributed by atoms with Gasteiger partial charge in [-0.2, -0.15) is 0 Å². The first-order chi connectivity index (χ1) is 64.9. The van der Waals surface area contributed by atoms with Gasteiger partial charge in [0.15, 0.2) is 11.6 Å². The molecule has 3 aromatic rings. The number of hydrogen-bond donors (Lipinski definition) is 12. The lowest BCUT2D eigenvalue weighted by Crippen LogP contribution is -2.41. The Morgan fingerprint density at radius 1 is 0.378 bits per heavy atom. The second-order valence-corrected chi connectivity index (χ2v) is 33.9. The highest BCUT2D eigenvalue weighted by Gasteiger charge is 2.36. The van der Waals surface area contributed by atoms with Crippen molar-refractivity contribution >= 4 is 94.1 Å². The van der Waals surface area contributed by atoms with Gasteiger partial charge in [-0.05, 0) is 113 Å². The molecule has 0 spiro atoms. The van der Waals surface area contributed by atoms with E-state index in [1.165, 1.54) is 30.6 Å². The number of nitrogens with two attached hydrogens (primary N) is 1. The molecule has 39 heteroatoms. The number of hydrogen-bond acceptors (Lipinski definition) is 28. The Morgan fingerprint density at radius 3 is 1.30 bits per heavy atom. The quantitative estimate of drug-likeness (QED) is 0.0235. The highest BCUT2D eigenvalue weighted by Crippen LogP contribution is 2.31. The van der Waals surface area contributed by atoms with Crippen LogP contribution in [0.3, 0.4) is 0 Å². The number of carboxylic acid groups (broad SMARTS) is 5. The van der Waals surface area contributed by atoms with Gasteiger partial charge in [0.25, 0.3) is 0 Å². The minimum absolute atomic E-state index is 0.0192. The summed E-state index contributed by atoms with van der Waals surface area (Å²) in [5, 5.41) is 61.1. The van der Waals surface area contributed by atoms with Crippen LogP contribution in [0, 0.1) is 23.2 Å². The fraction of sp³-hybridized carbons (Fsp3) is 0.677. The van der Waals surface area contributed by atoms with Crippen LogP contribution in [0.5, 0.6) is 11.5 Å². The van der Waals surface area contributed by atoms with Crippen molar-refractivity contribution in [1.29, 1.82) is 0 Å². The molecule has 0 bridgehead atoms. The molecule has 13 N–H and O–H groups in total. The molecule has 0 aliphatic rings. The lowest BCUT2D eigenvalue weighted by molar-refractivity contribution is -0.145. The number of carboxylic acids is 5. The third-order valence-corrected chi connectivity index (χ3v) is 21.9. The predicted molar refractivity (Wildman–Crippen MR) is 493 cm³/mol. The highest BCUT2D eigenvalue weighted by atomic mass is 16.5. The second-order valence-electron chi connectivity index (χ2n) is 33.9. The van der Waals surface area contributed by atoms with Crippen molar-refractivity contribution in [1.82, 2.24) is 36.6 Å². The number of amides is 5. The van der Waals surface area contributed by atoms with E-state index < -0.39 is 82.7 Å². The van der Waals surface area contributed by atoms with Crippen LogP contribution in [0.1, 0.15) is 259 Å². The van der Waals surface area contributed by atoms with Gasteiger partial charge in [0.2, 0.25) is 29.5 Å². The molecule has 0 aliphatic carbocycles. The Kier molecular flexibility index (Phi) is 65.8. The molecule has 135 heavy (non-hydrogen) atoms. The smallest absolute Gasteiger partial charge is 0.335 e. The molecule has 3 rings (SSSR count). The van der Waals surface area contributed by atoms with E-state index >= 15 is 0 Å². The molecule has 0 radical (unpaired) electrons. The van der Waals surface area contributed by atoms with Crippen LogP contribution in [0.25, 0.3) is 0 Å². The number of aromatic carboxylic acids is 2.